The smallest absolute Gasteiger partial charge is 0.265 e. The van der Waals surface area contributed by atoms with Crippen LogP contribution in [0.3, 0.4) is 0 Å². The first-order valence-electron chi connectivity index (χ1n) is 8.84. The number of amides is 2. The maximum atomic E-state index is 12.6. The summed E-state index contributed by atoms with van der Waals surface area (Å²) in [5.74, 6) is 0.0716. The maximum Gasteiger partial charge on any atom is 0.265 e. The van der Waals surface area contributed by atoms with Crippen molar-refractivity contribution in [3.8, 4) is 5.75 Å². The van der Waals surface area contributed by atoms with E-state index in [2.05, 4.69) is 10.6 Å². The molecule has 0 aliphatic rings. The molecule has 2 amide bonds. The third kappa shape index (κ3) is 5.56. The predicted octanol–water partition coefficient (Wildman–Crippen LogP) is 3.09. The zero-order chi connectivity index (χ0) is 19.8. The van der Waals surface area contributed by atoms with Crippen molar-refractivity contribution in [3.63, 3.8) is 0 Å². The van der Waals surface area contributed by atoms with Gasteiger partial charge in [0.1, 0.15) is 5.75 Å². The topological polar surface area (TPSA) is 76.7 Å². The molecule has 144 valence electrons. The standard InChI is InChI=1S/C21H26N2O4/c1-14-8-7-11-19(15(14)2)27-16(3)20(24)23-18-10-6-5-9-17(18)21(25)22-12-13-26-4/h5-11,16H,12-13H2,1-4H3,(H,22,25)(H,23,24)/t16-/m0/s1. The van der Waals surface area contributed by atoms with Crippen LogP contribution in [0.1, 0.15) is 28.4 Å². The highest BCUT2D eigenvalue weighted by Gasteiger charge is 2.19. The number of nitrogens with one attached hydrogen (secondary N) is 2. The number of hydrogen-bond donors (Lipinski definition) is 2. The minimum atomic E-state index is -0.713. The first-order chi connectivity index (χ1) is 12.9. The lowest BCUT2D eigenvalue weighted by Gasteiger charge is -2.18. The van der Waals surface area contributed by atoms with Crippen LogP contribution in [0, 0.1) is 13.8 Å². The highest BCUT2D eigenvalue weighted by atomic mass is 16.5. The molecule has 0 fully saturated rings. The molecule has 6 nitrogen and oxygen atoms in total. The normalized spacial score (nSPS) is 11.6. The van der Waals surface area contributed by atoms with Crippen LogP contribution in [-0.4, -0.2) is 38.2 Å². The van der Waals surface area contributed by atoms with Gasteiger partial charge in [0.05, 0.1) is 17.9 Å². The summed E-state index contributed by atoms with van der Waals surface area (Å²) in [6.07, 6.45) is -0.713. The average molecular weight is 370 g/mol. The zero-order valence-electron chi connectivity index (χ0n) is 16.2. The second-order valence-corrected chi connectivity index (χ2v) is 6.24. The largest absolute Gasteiger partial charge is 0.481 e. The van der Waals surface area contributed by atoms with Crippen LogP contribution in [0.5, 0.6) is 5.75 Å². The lowest BCUT2D eigenvalue weighted by molar-refractivity contribution is -0.122. The first kappa shape index (κ1) is 20.5. The fraction of sp³-hybridized carbons (Fsp3) is 0.333. The fourth-order valence-electron chi connectivity index (χ4n) is 2.48. The summed E-state index contributed by atoms with van der Waals surface area (Å²) in [7, 11) is 1.57. The van der Waals surface area contributed by atoms with Crippen LogP contribution in [0.2, 0.25) is 0 Å². The van der Waals surface area contributed by atoms with Gasteiger partial charge in [0.15, 0.2) is 6.10 Å². The van der Waals surface area contributed by atoms with Gasteiger partial charge in [0, 0.05) is 13.7 Å². The van der Waals surface area contributed by atoms with Crippen molar-refractivity contribution < 1.29 is 19.1 Å². The van der Waals surface area contributed by atoms with E-state index in [1.807, 2.05) is 32.0 Å². The average Bonchev–Trinajstić information content (AvgIpc) is 2.66. The van der Waals surface area contributed by atoms with Gasteiger partial charge in [-0.15, -0.1) is 0 Å². The first-order valence-corrected chi connectivity index (χ1v) is 8.84. The molecule has 0 saturated carbocycles. The molecule has 0 heterocycles. The Morgan fingerprint density at radius 3 is 2.56 bits per heavy atom. The lowest BCUT2D eigenvalue weighted by Crippen LogP contribution is -2.32. The molecule has 2 N–H and O–H groups in total. The number of carbonyl (C=O) groups excluding carboxylic acids is 2. The summed E-state index contributed by atoms with van der Waals surface area (Å²) in [6.45, 7) is 6.43. The summed E-state index contributed by atoms with van der Waals surface area (Å²) < 4.78 is 10.7. The predicted molar refractivity (Wildman–Crippen MR) is 105 cm³/mol. The van der Waals surface area contributed by atoms with Crippen LogP contribution in [0.15, 0.2) is 42.5 Å². The third-order valence-corrected chi connectivity index (χ3v) is 4.25. The number of hydrogen-bond acceptors (Lipinski definition) is 4. The van der Waals surface area contributed by atoms with Crippen LogP contribution >= 0.6 is 0 Å². The molecule has 2 aromatic rings. The highest BCUT2D eigenvalue weighted by Crippen LogP contribution is 2.22. The van der Waals surface area contributed by atoms with E-state index in [9.17, 15) is 9.59 Å². The molecule has 6 heteroatoms. The van der Waals surface area contributed by atoms with Crippen molar-refractivity contribution >= 4 is 17.5 Å². The summed E-state index contributed by atoms with van der Waals surface area (Å²) in [5, 5.41) is 5.53. The number of methoxy groups -OCH3 is 1. The van der Waals surface area contributed by atoms with Gasteiger partial charge in [0.25, 0.3) is 11.8 Å². The number of rotatable bonds is 8. The van der Waals surface area contributed by atoms with Crippen LogP contribution < -0.4 is 15.4 Å². The van der Waals surface area contributed by atoms with Gasteiger partial charge in [-0.2, -0.15) is 0 Å². The van der Waals surface area contributed by atoms with E-state index < -0.39 is 6.10 Å². The Labute approximate surface area is 159 Å². The molecule has 1 atom stereocenters. The van der Waals surface area contributed by atoms with Crippen LogP contribution in [0.4, 0.5) is 5.69 Å². The van der Waals surface area contributed by atoms with Crippen molar-refractivity contribution in [2.24, 2.45) is 0 Å². The minimum absolute atomic E-state index is 0.272. The van der Waals surface area contributed by atoms with E-state index in [-0.39, 0.29) is 11.8 Å². The van der Waals surface area contributed by atoms with Gasteiger partial charge in [-0.3, -0.25) is 9.59 Å². The van der Waals surface area contributed by atoms with Gasteiger partial charge >= 0.3 is 0 Å². The quantitative estimate of drug-likeness (QED) is 0.700. The molecule has 0 saturated heterocycles. The molecule has 0 bridgehead atoms. The number of benzene rings is 2. The molecule has 0 aliphatic carbocycles. The Hall–Kier alpha value is -2.86. The van der Waals surface area contributed by atoms with Crippen molar-refractivity contribution in [1.82, 2.24) is 5.32 Å². The van der Waals surface area contributed by atoms with E-state index in [1.165, 1.54) is 0 Å². The van der Waals surface area contributed by atoms with E-state index in [0.717, 1.165) is 11.1 Å². The number of anilines is 1. The zero-order valence-corrected chi connectivity index (χ0v) is 16.2. The summed E-state index contributed by atoms with van der Waals surface area (Å²) in [4.78, 5) is 24.9. The summed E-state index contributed by atoms with van der Waals surface area (Å²) in [6, 6.07) is 12.6. The molecule has 0 unspecified atom stereocenters. The molecule has 0 aliphatic heterocycles. The number of aryl methyl sites for hydroxylation is 1. The van der Waals surface area contributed by atoms with Gasteiger partial charge in [-0.1, -0.05) is 24.3 Å². The van der Waals surface area contributed by atoms with Crippen molar-refractivity contribution in [1.29, 1.82) is 0 Å². The Morgan fingerprint density at radius 1 is 1.07 bits per heavy atom. The Morgan fingerprint density at radius 2 is 1.81 bits per heavy atom. The Kier molecular flexibility index (Phi) is 7.37. The number of carbonyl (C=O) groups is 2. The van der Waals surface area contributed by atoms with Crippen molar-refractivity contribution in [2.75, 3.05) is 25.6 Å². The van der Waals surface area contributed by atoms with Crippen LogP contribution in [0.25, 0.3) is 0 Å². The lowest BCUT2D eigenvalue weighted by atomic mass is 10.1. The maximum absolute atomic E-state index is 12.6. The van der Waals surface area contributed by atoms with Crippen molar-refractivity contribution in [2.45, 2.75) is 26.9 Å². The summed E-state index contributed by atoms with van der Waals surface area (Å²) in [5.41, 5.74) is 2.92. The van der Waals surface area contributed by atoms with Crippen molar-refractivity contribution in [3.05, 3.63) is 59.2 Å². The molecular formula is C21H26N2O4. The van der Waals surface area contributed by atoms with E-state index in [0.29, 0.717) is 30.2 Å². The van der Waals surface area contributed by atoms with E-state index in [4.69, 9.17) is 9.47 Å². The molecule has 2 rings (SSSR count). The number of ether oxygens (including phenoxy) is 2. The van der Waals surface area contributed by atoms with Gasteiger partial charge in [0.2, 0.25) is 0 Å². The number of para-hydroxylation sites is 1. The Bertz CT molecular complexity index is 805. The SMILES string of the molecule is COCCNC(=O)c1ccccc1NC(=O)[C@H](C)Oc1cccc(C)c1C. The van der Waals surface area contributed by atoms with E-state index >= 15 is 0 Å². The molecule has 0 radical (unpaired) electrons. The second-order valence-electron chi connectivity index (χ2n) is 6.24. The third-order valence-electron chi connectivity index (χ3n) is 4.25. The van der Waals surface area contributed by atoms with Gasteiger partial charge in [-0.25, -0.2) is 0 Å². The molecule has 0 spiro atoms. The second kappa shape index (κ2) is 9.73. The Balaban J connectivity index is 2.06. The van der Waals surface area contributed by atoms with E-state index in [1.54, 1.807) is 38.3 Å². The molecular weight excluding hydrogens is 344 g/mol. The fourth-order valence-corrected chi connectivity index (χ4v) is 2.48. The molecule has 0 aromatic heterocycles. The molecule has 27 heavy (non-hydrogen) atoms. The van der Waals surface area contributed by atoms with Gasteiger partial charge in [-0.05, 0) is 50.1 Å². The summed E-state index contributed by atoms with van der Waals surface area (Å²) >= 11 is 0. The molecule has 2 aromatic carbocycles. The van der Waals surface area contributed by atoms with Crippen LogP contribution in [-0.2, 0) is 9.53 Å². The monoisotopic (exact) mass is 370 g/mol. The highest BCUT2D eigenvalue weighted by molar-refractivity contribution is 6.04. The minimum Gasteiger partial charge on any atom is -0.481 e. The van der Waals surface area contributed by atoms with Gasteiger partial charge < -0.3 is 20.1 Å².